The maximum absolute atomic E-state index is 12.6. The van der Waals surface area contributed by atoms with Crippen molar-refractivity contribution in [2.75, 3.05) is 17.2 Å². The zero-order valence-corrected chi connectivity index (χ0v) is 18.3. The molecule has 0 atom stereocenters. The lowest BCUT2D eigenvalue weighted by molar-refractivity contribution is 0.0690. The highest BCUT2D eigenvalue weighted by molar-refractivity contribution is 6.09. The molecule has 35 heavy (non-hydrogen) atoms. The normalized spacial score (nSPS) is 12.0. The minimum atomic E-state index is -1.32. The Balaban J connectivity index is 1.27. The van der Waals surface area contributed by atoms with Crippen molar-refractivity contribution in [3.63, 3.8) is 0 Å². The van der Waals surface area contributed by atoms with Gasteiger partial charge in [-0.3, -0.25) is 14.8 Å². The number of aromatic nitrogens is 4. The molecule has 2 aromatic heterocycles. The molecule has 2 aromatic carbocycles. The molecule has 1 aliphatic carbocycles. The van der Waals surface area contributed by atoms with E-state index in [0.717, 1.165) is 22.3 Å². The molecule has 0 spiro atoms. The van der Waals surface area contributed by atoms with Gasteiger partial charge < -0.3 is 15.2 Å². The number of carboxylic acid groups (broad SMARTS) is 1. The number of benzene rings is 2. The summed E-state index contributed by atoms with van der Waals surface area (Å²) in [5.41, 5.74) is 3.51. The predicted octanol–water partition coefficient (Wildman–Crippen LogP) is 3.11. The summed E-state index contributed by atoms with van der Waals surface area (Å²) in [6, 6.07) is 15.8. The number of anilines is 2. The van der Waals surface area contributed by atoms with Crippen molar-refractivity contribution < 1.29 is 28.9 Å². The summed E-state index contributed by atoms with van der Waals surface area (Å²) in [5.74, 6) is -2.60. The van der Waals surface area contributed by atoms with Crippen LogP contribution < -0.4 is 10.6 Å². The topological polar surface area (TPSA) is 161 Å². The average Bonchev–Trinajstić information content (AvgIpc) is 3.53. The van der Waals surface area contributed by atoms with E-state index in [4.69, 9.17) is 4.74 Å². The van der Waals surface area contributed by atoms with Gasteiger partial charge in [0.05, 0.1) is 5.69 Å². The number of fused-ring (bicyclic) bond motifs is 3. The Morgan fingerprint density at radius 1 is 1.00 bits per heavy atom. The van der Waals surface area contributed by atoms with E-state index in [-0.39, 0.29) is 35.4 Å². The van der Waals surface area contributed by atoms with Gasteiger partial charge in [-0.2, -0.15) is 5.10 Å². The Hall–Kier alpha value is -5.00. The van der Waals surface area contributed by atoms with Crippen LogP contribution >= 0.6 is 0 Å². The van der Waals surface area contributed by atoms with E-state index in [0.29, 0.717) is 0 Å². The minimum Gasteiger partial charge on any atom is -0.476 e. The maximum atomic E-state index is 12.6. The number of aromatic carboxylic acids is 1. The van der Waals surface area contributed by atoms with Crippen LogP contribution in [0.2, 0.25) is 0 Å². The van der Waals surface area contributed by atoms with E-state index in [2.05, 4.69) is 30.7 Å². The number of aryl methyl sites for hydroxylation is 1. The number of nitrogens with zero attached hydrogens (tertiary/aromatic N) is 4. The first-order valence-electron chi connectivity index (χ1n) is 10.4. The largest absolute Gasteiger partial charge is 0.476 e. The summed E-state index contributed by atoms with van der Waals surface area (Å²) in [7, 11) is 1.50. The highest BCUT2D eigenvalue weighted by Crippen LogP contribution is 2.44. The van der Waals surface area contributed by atoms with Crippen LogP contribution in [0.15, 0.2) is 59.4 Å². The fourth-order valence-electron chi connectivity index (χ4n) is 4.07. The molecule has 12 nitrogen and oxygen atoms in total. The number of ether oxygens (including phenoxy) is 1. The molecule has 5 rings (SSSR count). The molecule has 0 bridgehead atoms. The molecule has 0 saturated heterocycles. The number of amides is 2. The van der Waals surface area contributed by atoms with Crippen LogP contribution in [-0.2, 0) is 11.8 Å². The van der Waals surface area contributed by atoms with Gasteiger partial charge >= 0.3 is 12.1 Å². The van der Waals surface area contributed by atoms with E-state index < -0.39 is 18.0 Å². The van der Waals surface area contributed by atoms with Crippen molar-refractivity contribution in [1.82, 2.24) is 20.1 Å². The first-order chi connectivity index (χ1) is 16.9. The number of carbonyl (C=O) groups is 3. The van der Waals surface area contributed by atoms with Crippen molar-refractivity contribution in [2.24, 2.45) is 7.05 Å². The summed E-state index contributed by atoms with van der Waals surface area (Å²) < 4.78 is 11.3. The standard InChI is InChI=1S/C23H18N6O6/c1-29-10-17(18(26-29)22(31)32)24-21(30)19-20(28-35-27-19)25-23(33)34-11-16-14-8-4-2-6-12(14)13-7-3-5-9-15(13)16/h2-10,16H,11H2,1H3,(H,24,30)(H,31,32)(H,25,28,33). The van der Waals surface area contributed by atoms with E-state index in [1.807, 2.05) is 48.5 Å². The van der Waals surface area contributed by atoms with Gasteiger partial charge in [0.15, 0.2) is 5.69 Å². The number of rotatable bonds is 6. The highest BCUT2D eigenvalue weighted by Gasteiger charge is 2.30. The summed E-state index contributed by atoms with van der Waals surface area (Å²) in [6.07, 6.45) is 0.456. The van der Waals surface area contributed by atoms with Crippen LogP contribution in [0.5, 0.6) is 0 Å². The van der Waals surface area contributed by atoms with Crippen molar-refractivity contribution in [3.05, 3.63) is 77.2 Å². The fraction of sp³-hybridized carbons (Fsp3) is 0.130. The number of carbonyl (C=O) groups excluding carboxylic acids is 2. The first-order valence-corrected chi connectivity index (χ1v) is 10.4. The Kier molecular flexibility index (Phi) is 5.45. The molecule has 12 heteroatoms. The molecular formula is C23H18N6O6. The highest BCUT2D eigenvalue weighted by atomic mass is 16.6. The Morgan fingerprint density at radius 3 is 2.31 bits per heavy atom. The van der Waals surface area contributed by atoms with Gasteiger partial charge in [-0.1, -0.05) is 48.5 Å². The third-order valence-corrected chi connectivity index (χ3v) is 5.55. The summed E-state index contributed by atoms with van der Waals surface area (Å²) in [4.78, 5) is 36.4. The van der Waals surface area contributed by atoms with E-state index >= 15 is 0 Å². The lowest BCUT2D eigenvalue weighted by Crippen LogP contribution is -2.21. The van der Waals surface area contributed by atoms with Crippen molar-refractivity contribution >= 4 is 29.5 Å². The summed E-state index contributed by atoms with van der Waals surface area (Å²) in [5, 5.41) is 24.7. The number of hydrogen-bond acceptors (Lipinski definition) is 8. The smallest absolute Gasteiger partial charge is 0.412 e. The monoisotopic (exact) mass is 474 g/mol. The molecule has 0 fully saturated rings. The van der Waals surface area contributed by atoms with Gasteiger partial charge in [0.2, 0.25) is 11.5 Å². The van der Waals surface area contributed by atoms with Gasteiger partial charge in [-0.15, -0.1) is 0 Å². The third kappa shape index (κ3) is 4.08. The van der Waals surface area contributed by atoms with Gasteiger partial charge in [0.25, 0.3) is 5.91 Å². The van der Waals surface area contributed by atoms with E-state index in [1.165, 1.54) is 17.9 Å². The van der Waals surface area contributed by atoms with E-state index in [9.17, 15) is 19.5 Å². The third-order valence-electron chi connectivity index (χ3n) is 5.55. The Bertz CT molecular complexity index is 1410. The SMILES string of the molecule is Cn1cc(NC(=O)c2nonc2NC(=O)OCC2c3ccccc3-c3ccccc32)c(C(=O)O)n1. The fourth-order valence-corrected chi connectivity index (χ4v) is 4.07. The summed E-state index contributed by atoms with van der Waals surface area (Å²) in [6.45, 7) is 0.0598. The number of nitrogens with one attached hydrogen (secondary N) is 2. The lowest BCUT2D eigenvalue weighted by atomic mass is 9.98. The predicted molar refractivity (Wildman–Crippen MR) is 121 cm³/mol. The average molecular weight is 474 g/mol. The molecule has 0 unspecified atom stereocenters. The molecule has 3 N–H and O–H groups in total. The van der Waals surface area contributed by atoms with Crippen molar-refractivity contribution in [2.45, 2.75) is 5.92 Å². The minimum absolute atomic E-state index is 0.0555. The van der Waals surface area contributed by atoms with Gasteiger partial charge in [0.1, 0.15) is 6.61 Å². The molecule has 1 aliphatic rings. The second-order valence-electron chi connectivity index (χ2n) is 7.74. The molecular weight excluding hydrogens is 456 g/mol. The molecule has 0 saturated carbocycles. The van der Waals surface area contributed by atoms with Crippen molar-refractivity contribution in [3.8, 4) is 11.1 Å². The molecule has 176 valence electrons. The van der Waals surface area contributed by atoms with Crippen LogP contribution in [0.3, 0.4) is 0 Å². The first kappa shape index (κ1) is 21.8. The molecule has 4 aromatic rings. The van der Waals surface area contributed by atoms with Crippen LogP contribution in [0.25, 0.3) is 11.1 Å². The Morgan fingerprint density at radius 2 is 1.66 bits per heavy atom. The molecule has 2 amide bonds. The number of hydrogen-bond donors (Lipinski definition) is 3. The molecule has 2 heterocycles. The number of carboxylic acids is 1. The summed E-state index contributed by atoms with van der Waals surface area (Å²) >= 11 is 0. The van der Waals surface area contributed by atoms with Gasteiger partial charge in [-0.05, 0) is 32.6 Å². The van der Waals surface area contributed by atoms with Crippen LogP contribution in [0.4, 0.5) is 16.3 Å². The zero-order chi connectivity index (χ0) is 24.5. The Labute approximate surface area is 197 Å². The van der Waals surface area contributed by atoms with Gasteiger partial charge in [-0.25, -0.2) is 14.2 Å². The molecule has 0 radical (unpaired) electrons. The van der Waals surface area contributed by atoms with Crippen LogP contribution in [0, 0.1) is 0 Å². The lowest BCUT2D eigenvalue weighted by Gasteiger charge is -2.14. The zero-order valence-electron chi connectivity index (χ0n) is 18.3. The second-order valence-corrected chi connectivity index (χ2v) is 7.74. The van der Waals surface area contributed by atoms with Crippen LogP contribution in [-0.4, -0.2) is 49.8 Å². The van der Waals surface area contributed by atoms with Crippen LogP contribution in [0.1, 0.15) is 38.0 Å². The second kappa shape index (κ2) is 8.74. The molecule has 0 aliphatic heterocycles. The maximum Gasteiger partial charge on any atom is 0.412 e. The van der Waals surface area contributed by atoms with Gasteiger partial charge in [0, 0.05) is 19.2 Å². The van der Waals surface area contributed by atoms with Crippen molar-refractivity contribution in [1.29, 1.82) is 0 Å². The quantitative estimate of drug-likeness (QED) is 0.381. The van der Waals surface area contributed by atoms with E-state index in [1.54, 1.807) is 0 Å².